The topological polar surface area (TPSA) is 73.1 Å². The molecule has 0 amide bonds. The molecule has 0 saturated heterocycles. The van der Waals surface area contributed by atoms with Gasteiger partial charge in [0.25, 0.3) is 0 Å². The zero-order valence-electron chi connectivity index (χ0n) is 11.0. The lowest BCUT2D eigenvalue weighted by atomic mass is 10.3. The first-order valence-corrected chi connectivity index (χ1v) is 7.08. The third-order valence-electron chi connectivity index (χ3n) is 2.76. The van der Waals surface area contributed by atoms with E-state index in [9.17, 15) is 0 Å². The number of anilines is 3. The van der Waals surface area contributed by atoms with Crippen LogP contribution in [0.1, 0.15) is 6.92 Å². The van der Waals surface area contributed by atoms with Crippen LogP contribution in [0.2, 0.25) is 0 Å². The number of rotatable bonds is 4. The smallest absolute Gasteiger partial charge is 0.188 e. The Morgan fingerprint density at radius 2 is 2.25 bits per heavy atom. The van der Waals surface area contributed by atoms with E-state index in [-0.39, 0.29) is 0 Å². The number of fused-ring (bicyclic) bond motifs is 1. The maximum Gasteiger partial charge on any atom is 0.188 e. The number of hydrogen-bond acceptors (Lipinski definition) is 6. The minimum Gasteiger partial charge on any atom is -0.494 e. The van der Waals surface area contributed by atoms with Crippen LogP contribution in [0.15, 0.2) is 36.7 Å². The molecule has 3 N–H and O–H groups in total. The molecule has 0 aliphatic carbocycles. The molecular weight excluding hydrogens is 272 g/mol. The summed E-state index contributed by atoms with van der Waals surface area (Å²) in [5, 5.41) is 4.01. The number of benzene rings is 1. The van der Waals surface area contributed by atoms with Crippen molar-refractivity contribution in [1.82, 2.24) is 9.97 Å². The van der Waals surface area contributed by atoms with E-state index in [2.05, 4.69) is 15.3 Å². The Morgan fingerprint density at radius 3 is 3.05 bits per heavy atom. The molecule has 1 aromatic carbocycles. The fourth-order valence-corrected chi connectivity index (χ4v) is 2.76. The van der Waals surface area contributed by atoms with Crippen LogP contribution in [0.5, 0.6) is 5.75 Å². The maximum atomic E-state index is 5.86. The second-order valence-corrected chi connectivity index (χ2v) is 5.20. The van der Waals surface area contributed by atoms with Gasteiger partial charge in [0, 0.05) is 6.20 Å². The summed E-state index contributed by atoms with van der Waals surface area (Å²) in [5.74, 6) is 0.860. The number of ether oxygens (including phenoxy) is 1. The molecule has 0 aliphatic rings. The van der Waals surface area contributed by atoms with Gasteiger partial charge < -0.3 is 15.8 Å². The molecule has 3 rings (SSSR count). The van der Waals surface area contributed by atoms with Crippen molar-refractivity contribution in [3.63, 3.8) is 0 Å². The van der Waals surface area contributed by atoms with Crippen molar-refractivity contribution in [2.24, 2.45) is 0 Å². The van der Waals surface area contributed by atoms with Gasteiger partial charge in [-0.05, 0) is 31.2 Å². The molecule has 2 aromatic heterocycles. The Kier molecular flexibility index (Phi) is 3.39. The molecule has 0 fully saturated rings. The van der Waals surface area contributed by atoms with E-state index >= 15 is 0 Å². The highest BCUT2D eigenvalue weighted by Crippen LogP contribution is 2.32. The number of pyridine rings is 1. The molecule has 5 nitrogen and oxygen atoms in total. The predicted molar refractivity (Wildman–Crippen MR) is 82.7 cm³/mol. The number of nitrogens with two attached hydrogens (primary N) is 1. The Bertz CT molecular complexity index is 741. The fraction of sp³-hybridized carbons (Fsp3) is 0.143. The molecule has 0 saturated carbocycles. The normalized spacial score (nSPS) is 10.7. The lowest BCUT2D eigenvalue weighted by Crippen LogP contribution is -1.95. The number of nitrogens with one attached hydrogen (secondary N) is 1. The zero-order chi connectivity index (χ0) is 13.9. The summed E-state index contributed by atoms with van der Waals surface area (Å²) in [6, 6.07) is 7.71. The molecule has 0 aliphatic heterocycles. The van der Waals surface area contributed by atoms with E-state index in [4.69, 9.17) is 10.5 Å². The number of hydrogen-bond donors (Lipinski definition) is 2. The molecule has 6 heteroatoms. The van der Waals surface area contributed by atoms with Gasteiger partial charge in [-0.1, -0.05) is 11.3 Å². The van der Waals surface area contributed by atoms with E-state index in [1.807, 2.05) is 31.2 Å². The van der Waals surface area contributed by atoms with Gasteiger partial charge in [0.05, 0.1) is 34.4 Å². The number of thiazole rings is 1. The highest BCUT2D eigenvalue weighted by molar-refractivity contribution is 7.22. The van der Waals surface area contributed by atoms with Crippen molar-refractivity contribution in [1.29, 1.82) is 0 Å². The number of nitrogen functional groups attached to an aromatic ring is 1. The number of nitrogens with zero attached hydrogens (tertiary/aromatic N) is 2. The van der Waals surface area contributed by atoms with Crippen LogP contribution in [0, 0.1) is 0 Å². The monoisotopic (exact) mass is 286 g/mol. The summed E-state index contributed by atoms with van der Waals surface area (Å²) < 4.78 is 6.57. The molecule has 0 unspecified atom stereocenters. The lowest BCUT2D eigenvalue weighted by molar-refractivity contribution is 0.341. The third kappa shape index (κ3) is 2.50. The van der Waals surface area contributed by atoms with Gasteiger partial charge in [-0.25, -0.2) is 4.98 Å². The predicted octanol–water partition coefficient (Wildman–Crippen LogP) is 3.42. The van der Waals surface area contributed by atoms with Crippen molar-refractivity contribution in [2.75, 3.05) is 17.7 Å². The van der Waals surface area contributed by atoms with Crippen molar-refractivity contribution >= 4 is 38.1 Å². The van der Waals surface area contributed by atoms with Crippen molar-refractivity contribution in [2.45, 2.75) is 6.92 Å². The molecule has 0 atom stereocenters. The van der Waals surface area contributed by atoms with Crippen LogP contribution in [0.4, 0.5) is 16.5 Å². The Labute approximate surface area is 120 Å². The maximum absolute atomic E-state index is 5.86. The summed E-state index contributed by atoms with van der Waals surface area (Å²) in [6.07, 6.45) is 3.31. The number of aromatic nitrogens is 2. The minimum atomic E-state index is 0.599. The molecule has 3 aromatic rings. The second-order valence-electron chi connectivity index (χ2n) is 4.17. The van der Waals surface area contributed by atoms with Gasteiger partial charge in [0.1, 0.15) is 5.75 Å². The summed E-state index contributed by atoms with van der Waals surface area (Å²) in [7, 11) is 0. The van der Waals surface area contributed by atoms with Gasteiger partial charge in [0.2, 0.25) is 0 Å². The second kappa shape index (κ2) is 5.34. The first-order valence-electron chi connectivity index (χ1n) is 6.26. The first-order chi connectivity index (χ1) is 9.76. The molecule has 0 spiro atoms. The van der Waals surface area contributed by atoms with E-state index in [1.165, 1.54) is 0 Å². The van der Waals surface area contributed by atoms with Gasteiger partial charge >= 0.3 is 0 Å². The van der Waals surface area contributed by atoms with Gasteiger partial charge in [-0.15, -0.1) is 0 Å². The van der Waals surface area contributed by atoms with Crippen LogP contribution in [0.3, 0.4) is 0 Å². The molecule has 102 valence electrons. The summed E-state index contributed by atoms with van der Waals surface area (Å²) in [6.45, 7) is 2.62. The zero-order valence-corrected chi connectivity index (χ0v) is 11.8. The van der Waals surface area contributed by atoms with Gasteiger partial charge in [0.15, 0.2) is 5.13 Å². The molecular formula is C14H14N4OS. The highest BCUT2D eigenvalue weighted by Gasteiger charge is 2.07. The molecule has 0 bridgehead atoms. The van der Waals surface area contributed by atoms with Crippen LogP contribution in [-0.2, 0) is 0 Å². The van der Waals surface area contributed by atoms with Crippen molar-refractivity contribution < 1.29 is 4.74 Å². The largest absolute Gasteiger partial charge is 0.494 e. The van der Waals surface area contributed by atoms with Gasteiger partial charge in [-0.2, -0.15) is 0 Å². The van der Waals surface area contributed by atoms with Crippen molar-refractivity contribution in [3.8, 4) is 5.75 Å². The molecule has 20 heavy (non-hydrogen) atoms. The van der Waals surface area contributed by atoms with Crippen LogP contribution >= 0.6 is 11.3 Å². The summed E-state index contributed by atoms with van der Waals surface area (Å²) in [5.41, 5.74) is 8.20. The Morgan fingerprint density at radius 1 is 1.35 bits per heavy atom. The SMILES string of the molecule is CCOc1ccc2nc(Nc3ccncc3N)sc2c1. The fourth-order valence-electron chi connectivity index (χ4n) is 1.85. The lowest BCUT2D eigenvalue weighted by Gasteiger charge is -2.04. The average Bonchev–Trinajstić information content (AvgIpc) is 2.83. The summed E-state index contributed by atoms with van der Waals surface area (Å²) in [4.78, 5) is 8.49. The van der Waals surface area contributed by atoms with Crippen molar-refractivity contribution in [3.05, 3.63) is 36.7 Å². The van der Waals surface area contributed by atoms with E-state index in [0.717, 1.165) is 26.8 Å². The molecule has 0 radical (unpaired) electrons. The van der Waals surface area contributed by atoms with E-state index < -0.39 is 0 Å². The highest BCUT2D eigenvalue weighted by atomic mass is 32.1. The van der Waals surface area contributed by atoms with Crippen LogP contribution in [-0.4, -0.2) is 16.6 Å². The minimum absolute atomic E-state index is 0.599. The van der Waals surface area contributed by atoms with E-state index in [1.54, 1.807) is 23.7 Å². The summed E-state index contributed by atoms with van der Waals surface area (Å²) >= 11 is 1.56. The van der Waals surface area contributed by atoms with Crippen LogP contribution < -0.4 is 15.8 Å². The van der Waals surface area contributed by atoms with Crippen LogP contribution in [0.25, 0.3) is 10.2 Å². The third-order valence-corrected chi connectivity index (χ3v) is 3.70. The molecule has 2 heterocycles. The van der Waals surface area contributed by atoms with E-state index in [0.29, 0.717) is 12.3 Å². The van der Waals surface area contributed by atoms with Gasteiger partial charge in [-0.3, -0.25) is 4.98 Å². The standard InChI is InChI=1S/C14H14N4OS/c1-2-19-9-3-4-12-13(7-9)20-14(18-12)17-11-5-6-16-8-10(11)15/h3-8H,2,15H2,1H3,(H,16,17,18). The Hall–Kier alpha value is -2.34. The average molecular weight is 286 g/mol. The first kappa shape index (κ1) is 12.7. The Balaban J connectivity index is 1.91. The quantitative estimate of drug-likeness (QED) is 0.769.